The van der Waals surface area contributed by atoms with Gasteiger partial charge in [-0.25, -0.2) is 0 Å². The third-order valence-corrected chi connectivity index (χ3v) is 2.49. The number of para-hydroxylation sites is 1. The summed E-state index contributed by atoms with van der Waals surface area (Å²) in [4.78, 5) is 0. The highest BCUT2D eigenvalue weighted by Gasteiger charge is 2.14. The molecule has 0 radical (unpaired) electrons. The maximum absolute atomic E-state index is 9.88. The number of benzene rings is 1. The van der Waals surface area contributed by atoms with E-state index < -0.39 is 6.10 Å². The van der Waals surface area contributed by atoms with Crippen LogP contribution in [0.25, 0.3) is 10.9 Å². The first-order valence-corrected chi connectivity index (χ1v) is 4.94. The van der Waals surface area contributed by atoms with E-state index in [4.69, 9.17) is 0 Å². The summed E-state index contributed by atoms with van der Waals surface area (Å²) in [6.45, 7) is 3.62. The lowest BCUT2D eigenvalue weighted by Crippen LogP contribution is -1.98. The molecule has 0 spiro atoms. The van der Waals surface area contributed by atoms with Gasteiger partial charge in [-0.1, -0.05) is 24.3 Å². The Morgan fingerprint density at radius 3 is 3.00 bits per heavy atom. The molecule has 2 rings (SSSR count). The topological polar surface area (TPSA) is 38.1 Å². The van der Waals surface area contributed by atoms with Gasteiger partial charge in [-0.15, -0.1) is 6.58 Å². The van der Waals surface area contributed by atoms with Crippen LogP contribution in [0.2, 0.25) is 0 Å². The van der Waals surface area contributed by atoms with E-state index in [9.17, 15) is 5.11 Å². The van der Waals surface area contributed by atoms with Gasteiger partial charge in [-0.3, -0.25) is 4.68 Å². The molecule has 0 fully saturated rings. The molecule has 1 aromatic carbocycles. The average molecular weight is 202 g/mol. The molecule has 0 aliphatic carbocycles. The fraction of sp³-hybridized carbons (Fsp3) is 0.250. The Bertz CT molecular complexity index is 487. The molecule has 1 unspecified atom stereocenters. The Kier molecular flexibility index (Phi) is 2.56. The molecule has 78 valence electrons. The quantitative estimate of drug-likeness (QED) is 0.775. The zero-order valence-corrected chi connectivity index (χ0v) is 8.72. The minimum atomic E-state index is -0.561. The van der Waals surface area contributed by atoms with E-state index in [1.165, 1.54) is 0 Å². The summed E-state index contributed by atoms with van der Waals surface area (Å²) in [5.41, 5.74) is 1.77. The summed E-state index contributed by atoms with van der Waals surface area (Å²) in [5.74, 6) is 0. The van der Waals surface area contributed by atoms with Gasteiger partial charge in [-0.2, -0.15) is 5.10 Å². The SMILES string of the molecule is C=CCC(O)c1nn(C)c2ccccc12. The zero-order chi connectivity index (χ0) is 10.8. The summed E-state index contributed by atoms with van der Waals surface area (Å²) in [6, 6.07) is 7.89. The monoisotopic (exact) mass is 202 g/mol. The molecular weight excluding hydrogens is 188 g/mol. The average Bonchev–Trinajstić information content (AvgIpc) is 2.58. The van der Waals surface area contributed by atoms with E-state index in [0.717, 1.165) is 16.6 Å². The van der Waals surface area contributed by atoms with E-state index in [2.05, 4.69) is 11.7 Å². The van der Waals surface area contributed by atoms with Gasteiger partial charge in [0.2, 0.25) is 0 Å². The minimum absolute atomic E-state index is 0.529. The van der Waals surface area contributed by atoms with Gasteiger partial charge in [0.1, 0.15) is 6.10 Å². The lowest BCUT2D eigenvalue weighted by atomic mass is 10.1. The maximum atomic E-state index is 9.88. The first kappa shape index (κ1) is 9.93. The summed E-state index contributed by atoms with van der Waals surface area (Å²) < 4.78 is 1.79. The Labute approximate surface area is 88.6 Å². The number of aliphatic hydroxyl groups excluding tert-OH is 1. The number of nitrogens with zero attached hydrogens (tertiary/aromatic N) is 2. The highest BCUT2D eigenvalue weighted by atomic mass is 16.3. The Balaban J connectivity index is 2.56. The lowest BCUT2D eigenvalue weighted by Gasteiger charge is -2.03. The van der Waals surface area contributed by atoms with E-state index in [0.29, 0.717) is 6.42 Å². The minimum Gasteiger partial charge on any atom is -0.386 e. The smallest absolute Gasteiger partial charge is 0.102 e. The Morgan fingerprint density at radius 2 is 2.27 bits per heavy atom. The largest absolute Gasteiger partial charge is 0.386 e. The predicted molar refractivity (Wildman–Crippen MR) is 60.5 cm³/mol. The van der Waals surface area contributed by atoms with Crippen molar-refractivity contribution in [1.29, 1.82) is 0 Å². The maximum Gasteiger partial charge on any atom is 0.102 e. The molecule has 0 saturated heterocycles. The van der Waals surface area contributed by atoms with Gasteiger partial charge in [0.15, 0.2) is 0 Å². The fourth-order valence-corrected chi connectivity index (χ4v) is 1.76. The lowest BCUT2D eigenvalue weighted by molar-refractivity contribution is 0.177. The Morgan fingerprint density at radius 1 is 1.53 bits per heavy atom. The third kappa shape index (κ3) is 1.66. The van der Waals surface area contributed by atoms with Crippen LogP contribution in [0.4, 0.5) is 0 Å². The number of fused-ring (bicyclic) bond motifs is 1. The number of hydrogen-bond acceptors (Lipinski definition) is 2. The molecule has 2 aromatic rings. The molecule has 3 nitrogen and oxygen atoms in total. The van der Waals surface area contributed by atoms with Crippen molar-refractivity contribution in [2.24, 2.45) is 7.05 Å². The van der Waals surface area contributed by atoms with Crippen LogP contribution in [-0.2, 0) is 7.05 Å². The van der Waals surface area contributed by atoms with Crippen LogP contribution in [0.3, 0.4) is 0 Å². The molecular formula is C12H14N2O. The van der Waals surface area contributed by atoms with Crippen molar-refractivity contribution in [2.45, 2.75) is 12.5 Å². The van der Waals surface area contributed by atoms with E-state index in [1.54, 1.807) is 10.8 Å². The van der Waals surface area contributed by atoms with Crippen LogP contribution in [0.1, 0.15) is 18.2 Å². The van der Waals surface area contributed by atoms with Crippen LogP contribution in [0, 0.1) is 0 Å². The number of aliphatic hydroxyl groups is 1. The van der Waals surface area contributed by atoms with Crippen LogP contribution < -0.4 is 0 Å². The highest BCUT2D eigenvalue weighted by molar-refractivity contribution is 5.82. The second kappa shape index (κ2) is 3.87. The molecule has 1 N–H and O–H groups in total. The van der Waals surface area contributed by atoms with Crippen molar-refractivity contribution < 1.29 is 5.11 Å². The highest BCUT2D eigenvalue weighted by Crippen LogP contribution is 2.24. The number of rotatable bonds is 3. The van der Waals surface area contributed by atoms with Crippen LogP contribution >= 0.6 is 0 Å². The first-order valence-electron chi connectivity index (χ1n) is 4.94. The molecule has 0 amide bonds. The Hall–Kier alpha value is -1.61. The second-order valence-electron chi connectivity index (χ2n) is 3.57. The van der Waals surface area contributed by atoms with Crippen molar-refractivity contribution in [3.63, 3.8) is 0 Å². The van der Waals surface area contributed by atoms with Crippen LogP contribution in [-0.4, -0.2) is 14.9 Å². The molecule has 1 aromatic heterocycles. The molecule has 0 aliphatic rings. The van der Waals surface area contributed by atoms with Crippen molar-refractivity contribution >= 4 is 10.9 Å². The van der Waals surface area contributed by atoms with E-state index in [1.807, 2.05) is 31.3 Å². The molecule has 3 heteroatoms. The number of aryl methyl sites for hydroxylation is 1. The van der Waals surface area contributed by atoms with Gasteiger partial charge in [0.25, 0.3) is 0 Å². The van der Waals surface area contributed by atoms with Gasteiger partial charge >= 0.3 is 0 Å². The number of hydrogen-bond donors (Lipinski definition) is 1. The summed E-state index contributed by atoms with van der Waals surface area (Å²) in [6.07, 6.45) is 1.67. The second-order valence-corrected chi connectivity index (χ2v) is 3.57. The normalized spacial score (nSPS) is 12.9. The standard InChI is InChI=1S/C12H14N2O/c1-3-6-11(15)12-9-7-4-5-8-10(9)14(2)13-12/h3-5,7-8,11,15H,1,6H2,2H3. The van der Waals surface area contributed by atoms with Crippen LogP contribution in [0.15, 0.2) is 36.9 Å². The van der Waals surface area contributed by atoms with Crippen molar-refractivity contribution in [1.82, 2.24) is 9.78 Å². The predicted octanol–water partition coefficient (Wildman–Crippen LogP) is 2.18. The number of aromatic nitrogens is 2. The molecule has 0 saturated carbocycles. The summed E-state index contributed by atoms with van der Waals surface area (Å²) >= 11 is 0. The molecule has 1 heterocycles. The zero-order valence-electron chi connectivity index (χ0n) is 8.72. The molecule has 1 atom stereocenters. The van der Waals surface area contributed by atoms with Crippen molar-refractivity contribution in [3.8, 4) is 0 Å². The molecule has 15 heavy (non-hydrogen) atoms. The summed E-state index contributed by atoms with van der Waals surface area (Å²) in [5, 5.41) is 15.2. The molecule has 0 bridgehead atoms. The van der Waals surface area contributed by atoms with Crippen molar-refractivity contribution in [3.05, 3.63) is 42.6 Å². The fourth-order valence-electron chi connectivity index (χ4n) is 1.76. The third-order valence-electron chi connectivity index (χ3n) is 2.49. The molecule has 0 aliphatic heterocycles. The van der Waals surface area contributed by atoms with Gasteiger partial charge in [-0.05, 0) is 12.5 Å². The van der Waals surface area contributed by atoms with E-state index >= 15 is 0 Å². The van der Waals surface area contributed by atoms with Gasteiger partial charge < -0.3 is 5.11 Å². The van der Waals surface area contributed by atoms with Crippen molar-refractivity contribution in [2.75, 3.05) is 0 Å². The first-order chi connectivity index (χ1) is 7.24. The summed E-state index contributed by atoms with van der Waals surface area (Å²) in [7, 11) is 1.88. The van der Waals surface area contributed by atoms with Gasteiger partial charge in [0.05, 0.1) is 11.2 Å². The van der Waals surface area contributed by atoms with Gasteiger partial charge in [0, 0.05) is 12.4 Å². The van der Waals surface area contributed by atoms with E-state index in [-0.39, 0.29) is 0 Å². The van der Waals surface area contributed by atoms with Crippen LogP contribution in [0.5, 0.6) is 0 Å².